The van der Waals surface area contributed by atoms with E-state index in [-0.39, 0.29) is 30.0 Å². The fraction of sp³-hybridized carbons (Fsp3) is 0.500. The van der Waals surface area contributed by atoms with Gasteiger partial charge in [0.1, 0.15) is 5.69 Å². The third kappa shape index (κ3) is 5.97. The van der Waals surface area contributed by atoms with Crippen molar-refractivity contribution in [1.29, 1.82) is 0 Å². The number of H-pyrrole nitrogens is 1. The van der Waals surface area contributed by atoms with Crippen molar-refractivity contribution in [2.75, 3.05) is 39.4 Å². The molecule has 0 saturated carbocycles. The van der Waals surface area contributed by atoms with E-state index < -0.39 is 0 Å². The summed E-state index contributed by atoms with van der Waals surface area (Å²) >= 11 is 0. The molecule has 1 aromatic carbocycles. The van der Waals surface area contributed by atoms with E-state index in [0.29, 0.717) is 12.4 Å². The molecule has 0 aliphatic carbocycles. The molecule has 1 fully saturated rings. The number of amides is 1. The fourth-order valence-corrected chi connectivity index (χ4v) is 3.04. The number of benzene rings is 1. The summed E-state index contributed by atoms with van der Waals surface area (Å²) in [7, 11) is 0. The molecule has 1 aliphatic heterocycles. The van der Waals surface area contributed by atoms with Crippen molar-refractivity contribution in [3.05, 3.63) is 45.9 Å². The average molecular weight is 385 g/mol. The molecule has 2 heterocycles. The van der Waals surface area contributed by atoms with Gasteiger partial charge in [-0.3, -0.25) is 14.5 Å². The van der Waals surface area contributed by atoms with Crippen LogP contribution in [0.1, 0.15) is 24.1 Å². The van der Waals surface area contributed by atoms with Crippen molar-refractivity contribution >= 4 is 5.91 Å². The SMILES string of the molecule is Cc1ccc(-c2nnc(CCC(=O)NCCCN3CCOCC3)c(=O)[nH]2)cc1. The van der Waals surface area contributed by atoms with Gasteiger partial charge in [0.15, 0.2) is 5.82 Å². The minimum absolute atomic E-state index is 0.0780. The van der Waals surface area contributed by atoms with Crippen molar-refractivity contribution in [2.24, 2.45) is 0 Å². The van der Waals surface area contributed by atoms with Crippen molar-refractivity contribution in [3.63, 3.8) is 0 Å². The van der Waals surface area contributed by atoms with Crippen molar-refractivity contribution in [2.45, 2.75) is 26.2 Å². The molecule has 28 heavy (non-hydrogen) atoms. The van der Waals surface area contributed by atoms with E-state index >= 15 is 0 Å². The first-order valence-corrected chi connectivity index (χ1v) is 9.71. The van der Waals surface area contributed by atoms with Crippen LogP contribution < -0.4 is 10.9 Å². The molecule has 1 aliphatic rings. The Bertz CT molecular complexity index is 828. The van der Waals surface area contributed by atoms with Crippen LogP contribution in [0.3, 0.4) is 0 Å². The molecular formula is C20H27N5O3. The quantitative estimate of drug-likeness (QED) is 0.655. The summed E-state index contributed by atoms with van der Waals surface area (Å²) in [6.45, 7) is 7.05. The van der Waals surface area contributed by atoms with Crippen molar-refractivity contribution in [1.82, 2.24) is 25.4 Å². The summed E-state index contributed by atoms with van der Waals surface area (Å²) in [4.78, 5) is 29.3. The van der Waals surface area contributed by atoms with E-state index in [2.05, 4.69) is 25.4 Å². The number of hydrogen-bond acceptors (Lipinski definition) is 6. The summed E-state index contributed by atoms with van der Waals surface area (Å²) < 4.78 is 5.31. The zero-order valence-electron chi connectivity index (χ0n) is 16.2. The molecule has 0 unspecified atom stereocenters. The Balaban J connectivity index is 1.41. The van der Waals surface area contributed by atoms with Gasteiger partial charge in [-0.1, -0.05) is 29.8 Å². The van der Waals surface area contributed by atoms with Gasteiger partial charge in [-0.2, -0.15) is 0 Å². The Hall–Kier alpha value is -2.58. The smallest absolute Gasteiger partial charge is 0.273 e. The number of nitrogens with zero attached hydrogens (tertiary/aromatic N) is 3. The maximum atomic E-state index is 12.2. The Kier molecular flexibility index (Phi) is 7.27. The van der Waals surface area contributed by atoms with Gasteiger partial charge in [0, 0.05) is 38.0 Å². The first-order valence-electron chi connectivity index (χ1n) is 9.71. The zero-order chi connectivity index (χ0) is 19.8. The summed E-state index contributed by atoms with van der Waals surface area (Å²) in [5.74, 6) is 0.354. The lowest BCUT2D eigenvalue weighted by molar-refractivity contribution is -0.121. The van der Waals surface area contributed by atoms with Crippen molar-refractivity contribution < 1.29 is 9.53 Å². The highest BCUT2D eigenvalue weighted by Gasteiger charge is 2.11. The Morgan fingerprint density at radius 2 is 1.96 bits per heavy atom. The largest absolute Gasteiger partial charge is 0.379 e. The van der Waals surface area contributed by atoms with E-state index in [9.17, 15) is 9.59 Å². The number of aromatic amines is 1. The number of nitrogens with one attached hydrogen (secondary N) is 2. The number of ether oxygens (including phenoxy) is 1. The number of rotatable bonds is 8. The van der Waals surface area contributed by atoms with E-state index in [0.717, 1.165) is 50.4 Å². The van der Waals surface area contributed by atoms with Gasteiger partial charge in [0.2, 0.25) is 5.91 Å². The van der Waals surface area contributed by atoms with Gasteiger partial charge in [0.05, 0.1) is 13.2 Å². The van der Waals surface area contributed by atoms with Crippen LogP contribution in [0.2, 0.25) is 0 Å². The first kappa shape index (κ1) is 20.2. The van der Waals surface area contributed by atoms with Crippen LogP contribution in [-0.2, 0) is 16.0 Å². The molecule has 8 heteroatoms. The predicted molar refractivity (Wildman–Crippen MR) is 106 cm³/mol. The molecular weight excluding hydrogens is 358 g/mol. The minimum atomic E-state index is -0.300. The Morgan fingerprint density at radius 1 is 1.21 bits per heavy atom. The third-order valence-electron chi connectivity index (χ3n) is 4.76. The van der Waals surface area contributed by atoms with Crippen LogP contribution in [0, 0.1) is 6.92 Å². The highest BCUT2D eigenvalue weighted by molar-refractivity contribution is 5.76. The fourth-order valence-electron chi connectivity index (χ4n) is 3.04. The topological polar surface area (TPSA) is 100 Å². The van der Waals surface area contributed by atoms with Gasteiger partial charge >= 0.3 is 0 Å². The number of morpholine rings is 1. The number of aromatic nitrogens is 3. The van der Waals surface area contributed by atoms with Gasteiger partial charge < -0.3 is 15.0 Å². The van der Waals surface area contributed by atoms with Crippen LogP contribution in [0.4, 0.5) is 0 Å². The number of hydrogen-bond donors (Lipinski definition) is 2. The van der Waals surface area contributed by atoms with Gasteiger partial charge in [0.25, 0.3) is 5.56 Å². The van der Waals surface area contributed by atoms with Crippen LogP contribution in [0.15, 0.2) is 29.1 Å². The lowest BCUT2D eigenvalue weighted by Gasteiger charge is -2.26. The normalized spacial score (nSPS) is 14.8. The standard InChI is InChI=1S/C20H27N5O3/c1-15-3-5-16(6-4-15)19-22-20(27)17(23-24-19)7-8-18(26)21-9-2-10-25-11-13-28-14-12-25/h3-6H,2,7-14H2,1H3,(H,21,26)(H,22,24,27). The molecule has 150 valence electrons. The van der Waals surface area contributed by atoms with Gasteiger partial charge in [-0.25, -0.2) is 0 Å². The van der Waals surface area contributed by atoms with E-state index in [1.165, 1.54) is 0 Å². The Morgan fingerprint density at radius 3 is 2.68 bits per heavy atom. The third-order valence-corrected chi connectivity index (χ3v) is 4.76. The second-order valence-corrected chi connectivity index (χ2v) is 6.97. The second-order valence-electron chi connectivity index (χ2n) is 6.97. The highest BCUT2D eigenvalue weighted by Crippen LogP contribution is 2.13. The summed E-state index contributed by atoms with van der Waals surface area (Å²) in [5, 5.41) is 11.0. The summed E-state index contributed by atoms with van der Waals surface area (Å²) in [5.41, 5.74) is 1.91. The monoisotopic (exact) mass is 385 g/mol. The molecule has 1 aromatic heterocycles. The molecule has 1 amide bonds. The maximum Gasteiger partial charge on any atom is 0.273 e. The Labute approximate surface area is 164 Å². The van der Waals surface area contributed by atoms with E-state index in [1.807, 2.05) is 31.2 Å². The number of carbonyl (C=O) groups excluding carboxylic acids is 1. The highest BCUT2D eigenvalue weighted by atomic mass is 16.5. The first-order chi connectivity index (χ1) is 13.6. The average Bonchev–Trinajstić information content (AvgIpc) is 2.71. The molecule has 0 bridgehead atoms. The minimum Gasteiger partial charge on any atom is -0.379 e. The van der Waals surface area contributed by atoms with Crippen LogP contribution in [0.5, 0.6) is 0 Å². The van der Waals surface area contributed by atoms with Crippen molar-refractivity contribution in [3.8, 4) is 11.4 Å². The lowest BCUT2D eigenvalue weighted by atomic mass is 10.1. The molecule has 0 atom stereocenters. The second kappa shape index (κ2) is 10.1. The zero-order valence-corrected chi connectivity index (χ0v) is 16.2. The lowest BCUT2D eigenvalue weighted by Crippen LogP contribution is -2.38. The molecule has 1 saturated heterocycles. The van der Waals surface area contributed by atoms with Crippen LogP contribution in [-0.4, -0.2) is 65.4 Å². The summed E-state index contributed by atoms with van der Waals surface area (Å²) in [6, 6.07) is 7.68. The molecule has 0 spiro atoms. The number of aryl methyl sites for hydroxylation is 2. The van der Waals surface area contributed by atoms with Gasteiger partial charge in [-0.05, 0) is 19.9 Å². The molecule has 3 rings (SSSR count). The molecule has 2 N–H and O–H groups in total. The predicted octanol–water partition coefficient (Wildman–Crippen LogP) is 0.911. The maximum absolute atomic E-state index is 12.2. The van der Waals surface area contributed by atoms with Crippen LogP contribution >= 0.6 is 0 Å². The molecule has 8 nitrogen and oxygen atoms in total. The molecule has 2 aromatic rings. The summed E-state index contributed by atoms with van der Waals surface area (Å²) in [6.07, 6.45) is 1.39. The van der Waals surface area contributed by atoms with Gasteiger partial charge in [-0.15, -0.1) is 10.2 Å². The van der Waals surface area contributed by atoms with Crippen LogP contribution in [0.25, 0.3) is 11.4 Å². The number of carbonyl (C=O) groups is 1. The molecule has 0 radical (unpaired) electrons. The van der Waals surface area contributed by atoms with E-state index in [1.54, 1.807) is 0 Å². The van der Waals surface area contributed by atoms with E-state index in [4.69, 9.17) is 4.74 Å².